The minimum atomic E-state index is -1.07. The smallest absolute Gasteiger partial charge is 0.302 e. The van der Waals surface area contributed by atoms with E-state index in [0.717, 1.165) is 4.90 Å². The van der Waals surface area contributed by atoms with Crippen LogP contribution >= 0.6 is 22.5 Å². The Hall–Kier alpha value is -0.750. The Labute approximate surface area is 109 Å². The molecule has 0 fully saturated rings. The van der Waals surface area contributed by atoms with Crippen molar-refractivity contribution in [3.63, 3.8) is 0 Å². The fraction of sp³-hybridized carbons (Fsp3) is 0.455. The number of ether oxygens (including phenoxy) is 1. The third-order valence-electron chi connectivity index (χ3n) is 2.10. The number of halogens is 1. The summed E-state index contributed by atoms with van der Waals surface area (Å²) in [6.07, 6.45) is 0.961. The summed E-state index contributed by atoms with van der Waals surface area (Å²) >= 11 is 4.08. The monoisotopic (exact) mass is 275 g/mol. The predicted octanol–water partition coefficient (Wildman–Crippen LogP) is 2.85. The van der Waals surface area contributed by atoms with Crippen molar-refractivity contribution in [2.24, 2.45) is 0 Å². The third-order valence-corrected chi connectivity index (χ3v) is 3.26. The fourth-order valence-corrected chi connectivity index (χ4v) is 2.18. The molecule has 0 bridgehead atoms. The van der Waals surface area contributed by atoms with Gasteiger partial charge in [-0.15, -0.1) is 11.7 Å². The van der Waals surface area contributed by atoms with E-state index < -0.39 is 6.17 Å². The van der Waals surface area contributed by atoms with Gasteiger partial charge < -0.3 is 4.74 Å². The van der Waals surface area contributed by atoms with Crippen LogP contribution in [0, 0.1) is 0 Å². The SMILES string of the molecule is CC(=O)OCCC(F)Cc1ncccc1SS. The molecule has 0 aliphatic rings. The lowest BCUT2D eigenvalue weighted by atomic mass is 10.1. The number of carbonyl (C=O) groups is 1. The highest BCUT2D eigenvalue weighted by Crippen LogP contribution is 2.25. The number of carbonyl (C=O) groups excluding carboxylic acids is 1. The van der Waals surface area contributed by atoms with Crippen molar-refractivity contribution in [3.05, 3.63) is 24.0 Å². The molecular weight excluding hydrogens is 261 g/mol. The first-order valence-electron chi connectivity index (χ1n) is 5.16. The molecule has 0 N–H and O–H groups in total. The van der Waals surface area contributed by atoms with Gasteiger partial charge in [-0.2, -0.15) is 0 Å². The van der Waals surface area contributed by atoms with E-state index in [2.05, 4.69) is 21.4 Å². The van der Waals surface area contributed by atoms with E-state index in [1.165, 1.54) is 17.7 Å². The van der Waals surface area contributed by atoms with E-state index >= 15 is 0 Å². The van der Waals surface area contributed by atoms with Gasteiger partial charge >= 0.3 is 5.97 Å². The molecule has 1 unspecified atom stereocenters. The number of rotatable bonds is 6. The summed E-state index contributed by atoms with van der Waals surface area (Å²) in [5.74, 6) is -0.387. The molecule has 1 aromatic rings. The van der Waals surface area contributed by atoms with Gasteiger partial charge in [-0.25, -0.2) is 4.39 Å². The quantitative estimate of drug-likeness (QED) is 0.492. The number of hydrogen-bond acceptors (Lipinski definition) is 5. The molecule has 1 rings (SSSR count). The van der Waals surface area contributed by atoms with Crippen LogP contribution in [-0.4, -0.2) is 23.7 Å². The topological polar surface area (TPSA) is 39.2 Å². The number of pyridine rings is 1. The van der Waals surface area contributed by atoms with E-state index in [4.69, 9.17) is 0 Å². The van der Waals surface area contributed by atoms with Crippen LogP contribution in [0.5, 0.6) is 0 Å². The summed E-state index contributed by atoms with van der Waals surface area (Å²) in [5, 5.41) is 0. The molecular formula is C11H14FNO2S2. The summed E-state index contributed by atoms with van der Waals surface area (Å²) in [6.45, 7) is 1.41. The lowest BCUT2D eigenvalue weighted by Gasteiger charge is -2.09. The minimum Gasteiger partial charge on any atom is -0.466 e. The molecule has 0 saturated carbocycles. The highest BCUT2D eigenvalue weighted by atomic mass is 33.1. The Balaban J connectivity index is 2.44. The molecule has 3 nitrogen and oxygen atoms in total. The van der Waals surface area contributed by atoms with Gasteiger partial charge in [0.1, 0.15) is 6.17 Å². The lowest BCUT2D eigenvalue weighted by Crippen LogP contribution is -2.12. The average molecular weight is 275 g/mol. The Kier molecular flexibility index (Phi) is 6.36. The van der Waals surface area contributed by atoms with Gasteiger partial charge in [0.05, 0.1) is 12.3 Å². The first kappa shape index (κ1) is 14.3. The van der Waals surface area contributed by atoms with Gasteiger partial charge in [0, 0.05) is 30.9 Å². The molecule has 1 heterocycles. The van der Waals surface area contributed by atoms with Crippen LogP contribution in [0.1, 0.15) is 19.0 Å². The highest BCUT2D eigenvalue weighted by molar-refractivity contribution is 8.68. The molecule has 0 spiro atoms. The van der Waals surface area contributed by atoms with E-state index in [0.29, 0.717) is 5.69 Å². The van der Waals surface area contributed by atoms with E-state index in [1.54, 1.807) is 12.3 Å². The standard InChI is InChI=1S/C11H14FNO2S2/c1-8(14)15-6-4-9(12)7-10-11(17-16)3-2-5-13-10/h2-3,5,9,16H,4,6-7H2,1H3. The zero-order valence-electron chi connectivity index (χ0n) is 9.43. The van der Waals surface area contributed by atoms with Crippen LogP contribution < -0.4 is 0 Å². The maximum absolute atomic E-state index is 13.6. The minimum absolute atomic E-state index is 0.104. The van der Waals surface area contributed by atoms with Gasteiger partial charge in [-0.3, -0.25) is 9.78 Å². The Morgan fingerprint density at radius 2 is 2.47 bits per heavy atom. The van der Waals surface area contributed by atoms with Crippen molar-refractivity contribution in [2.45, 2.75) is 30.8 Å². The highest BCUT2D eigenvalue weighted by Gasteiger charge is 2.12. The Bertz CT molecular complexity index is 376. The zero-order valence-corrected chi connectivity index (χ0v) is 11.1. The van der Waals surface area contributed by atoms with E-state index in [1.807, 2.05) is 6.07 Å². The molecule has 17 heavy (non-hydrogen) atoms. The maximum atomic E-state index is 13.6. The number of esters is 1. The van der Waals surface area contributed by atoms with Crippen molar-refractivity contribution >= 4 is 28.4 Å². The molecule has 94 valence electrons. The summed E-state index contributed by atoms with van der Waals surface area (Å²) < 4.78 is 18.3. The zero-order chi connectivity index (χ0) is 12.7. The predicted molar refractivity (Wildman–Crippen MR) is 68.9 cm³/mol. The maximum Gasteiger partial charge on any atom is 0.302 e. The molecule has 1 atom stereocenters. The molecule has 0 aliphatic carbocycles. The summed E-state index contributed by atoms with van der Waals surface area (Å²) in [6, 6.07) is 3.63. The molecule has 1 aromatic heterocycles. The number of hydrogen-bond donors (Lipinski definition) is 1. The van der Waals surface area contributed by atoms with Gasteiger partial charge in [0.15, 0.2) is 0 Å². The second-order valence-electron chi connectivity index (χ2n) is 3.47. The molecule has 6 heteroatoms. The summed E-state index contributed by atoms with van der Waals surface area (Å²) in [7, 11) is 1.25. The van der Waals surface area contributed by atoms with Crippen LogP contribution in [0.25, 0.3) is 0 Å². The Morgan fingerprint density at radius 1 is 1.71 bits per heavy atom. The van der Waals surface area contributed by atoms with Crippen LogP contribution in [0.15, 0.2) is 23.2 Å². The number of aromatic nitrogens is 1. The second-order valence-corrected chi connectivity index (χ2v) is 4.64. The number of thiol groups is 1. The molecule has 0 saturated heterocycles. The molecule has 0 aliphatic heterocycles. The van der Waals surface area contributed by atoms with Crippen molar-refractivity contribution < 1.29 is 13.9 Å². The Morgan fingerprint density at radius 3 is 3.12 bits per heavy atom. The van der Waals surface area contributed by atoms with Gasteiger partial charge in [-0.05, 0) is 12.1 Å². The van der Waals surface area contributed by atoms with Gasteiger partial charge in [-0.1, -0.05) is 10.8 Å². The van der Waals surface area contributed by atoms with Crippen LogP contribution in [-0.2, 0) is 16.0 Å². The van der Waals surface area contributed by atoms with Gasteiger partial charge in [0.2, 0.25) is 0 Å². The van der Waals surface area contributed by atoms with Crippen molar-refractivity contribution in [1.82, 2.24) is 4.98 Å². The average Bonchev–Trinajstić information content (AvgIpc) is 2.29. The van der Waals surface area contributed by atoms with Crippen molar-refractivity contribution in [2.75, 3.05) is 6.61 Å². The van der Waals surface area contributed by atoms with Crippen LogP contribution in [0.2, 0.25) is 0 Å². The van der Waals surface area contributed by atoms with Crippen LogP contribution in [0.3, 0.4) is 0 Å². The normalized spacial score (nSPS) is 12.2. The van der Waals surface area contributed by atoms with Gasteiger partial charge in [0.25, 0.3) is 0 Å². The van der Waals surface area contributed by atoms with E-state index in [9.17, 15) is 9.18 Å². The van der Waals surface area contributed by atoms with Crippen molar-refractivity contribution in [1.29, 1.82) is 0 Å². The lowest BCUT2D eigenvalue weighted by molar-refractivity contribution is -0.141. The second kappa shape index (κ2) is 7.55. The number of nitrogens with zero attached hydrogens (tertiary/aromatic N) is 1. The first-order chi connectivity index (χ1) is 8.13. The summed E-state index contributed by atoms with van der Waals surface area (Å²) in [5.41, 5.74) is 0.683. The third kappa shape index (κ3) is 5.41. The fourth-order valence-electron chi connectivity index (χ4n) is 1.30. The largest absolute Gasteiger partial charge is 0.466 e. The molecule has 0 amide bonds. The van der Waals surface area contributed by atoms with Crippen LogP contribution in [0.4, 0.5) is 4.39 Å². The molecule has 0 aromatic carbocycles. The molecule has 0 radical (unpaired) electrons. The summed E-state index contributed by atoms with van der Waals surface area (Å²) in [4.78, 5) is 15.5. The number of alkyl halides is 1. The van der Waals surface area contributed by atoms with E-state index in [-0.39, 0.29) is 25.4 Å². The van der Waals surface area contributed by atoms with Crippen molar-refractivity contribution in [3.8, 4) is 0 Å². The first-order valence-corrected chi connectivity index (χ1v) is 7.03.